The number of benzene rings is 2. The van der Waals surface area contributed by atoms with Crippen molar-refractivity contribution < 1.29 is 17.2 Å². The number of guanidine groups is 1. The largest absolute Gasteiger partial charge is 0.351 e. The lowest BCUT2D eigenvalue weighted by atomic mass is 10.0. The van der Waals surface area contributed by atoms with Crippen molar-refractivity contribution in [3.8, 4) is 11.1 Å². The second-order valence-electron chi connectivity index (χ2n) is 6.62. The molecule has 7 nitrogen and oxygen atoms in total. The molecule has 0 spiro atoms. The molecule has 10 heteroatoms. The maximum Gasteiger partial charge on any atom is 0.287 e. The van der Waals surface area contributed by atoms with E-state index in [-0.39, 0.29) is 39.8 Å². The molecule has 1 aliphatic heterocycles. The van der Waals surface area contributed by atoms with Gasteiger partial charge in [-0.1, -0.05) is 30.3 Å². The molecule has 1 aromatic heterocycles. The van der Waals surface area contributed by atoms with Crippen LogP contribution in [0.3, 0.4) is 0 Å². The molecular formula is C20H16F2N4O3S. The molecule has 0 radical (unpaired) electrons. The molecule has 3 aromatic rings. The first-order valence-electron chi connectivity index (χ1n) is 8.86. The number of fused-ring (bicyclic) bond motifs is 1. The van der Waals surface area contributed by atoms with E-state index < -0.39 is 21.7 Å². The second-order valence-corrected chi connectivity index (χ2v) is 8.20. The number of halogens is 2. The van der Waals surface area contributed by atoms with Gasteiger partial charge < -0.3 is 15.2 Å². The Labute approximate surface area is 170 Å². The summed E-state index contributed by atoms with van der Waals surface area (Å²) in [6, 6.07) is 11.2. The quantitative estimate of drug-likeness (QED) is 0.666. The van der Waals surface area contributed by atoms with E-state index in [4.69, 9.17) is 0 Å². The lowest BCUT2D eigenvalue weighted by molar-refractivity contribution is 0.511. The molecule has 0 bridgehead atoms. The lowest BCUT2D eigenvalue weighted by Gasteiger charge is -2.22. The van der Waals surface area contributed by atoms with Crippen LogP contribution in [0.4, 0.5) is 14.5 Å². The summed E-state index contributed by atoms with van der Waals surface area (Å²) in [4.78, 5) is 12.0. The van der Waals surface area contributed by atoms with Crippen LogP contribution in [-0.2, 0) is 23.6 Å². The van der Waals surface area contributed by atoms with E-state index in [9.17, 15) is 22.0 Å². The number of sulfonamides is 1. The van der Waals surface area contributed by atoms with Crippen LogP contribution < -0.4 is 16.2 Å². The molecule has 2 heterocycles. The number of nitrogens with one attached hydrogen (secondary N) is 2. The number of para-hydroxylation sites is 1. The zero-order valence-corrected chi connectivity index (χ0v) is 16.5. The third-order valence-electron chi connectivity index (χ3n) is 4.65. The van der Waals surface area contributed by atoms with Gasteiger partial charge >= 0.3 is 0 Å². The summed E-state index contributed by atoms with van der Waals surface area (Å²) in [5.41, 5.74) is 0.301. The number of pyridine rings is 1. The van der Waals surface area contributed by atoms with Gasteiger partial charge in [-0.05, 0) is 18.2 Å². The first-order valence-corrected chi connectivity index (χ1v) is 10.3. The van der Waals surface area contributed by atoms with Crippen molar-refractivity contribution in [1.29, 1.82) is 0 Å². The topological polar surface area (TPSA) is 92.6 Å². The number of aromatic nitrogens is 1. The van der Waals surface area contributed by atoms with Crippen LogP contribution in [0.15, 0.2) is 68.8 Å². The molecule has 1 aliphatic rings. The summed E-state index contributed by atoms with van der Waals surface area (Å²) in [6.45, 7) is 0.0146. The van der Waals surface area contributed by atoms with Crippen molar-refractivity contribution in [1.82, 2.24) is 9.88 Å². The average Bonchev–Trinajstić information content (AvgIpc) is 2.70. The molecule has 0 saturated heterocycles. The maximum absolute atomic E-state index is 14.4. The Morgan fingerprint density at radius 1 is 1.07 bits per heavy atom. The Balaban J connectivity index is 1.73. The molecule has 0 atom stereocenters. The third kappa shape index (κ3) is 3.45. The van der Waals surface area contributed by atoms with E-state index in [1.54, 1.807) is 25.4 Å². The second kappa shape index (κ2) is 7.38. The Morgan fingerprint density at radius 3 is 2.60 bits per heavy atom. The van der Waals surface area contributed by atoms with Crippen molar-refractivity contribution >= 4 is 21.7 Å². The average molecular weight is 430 g/mol. The molecule has 154 valence electrons. The number of anilines is 1. The van der Waals surface area contributed by atoms with Gasteiger partial charge in [0.05, 0.1) is 5.69 Å². The smallest absolute Gasteiger partial charge is 0.287 e. The monoisotopic (exact) mass is 430 g/mol. The van der Waals surface area contributed by atoms with E-state index >= 15 is 0 Å². The number of hydrogen-bond acceptors (Lipinski definition) is 5. The van der Waals surface area contributed by atoms with Gasteiger partial charge in [-0.25, -0.2) is 8.78 Å². The summed E-state index contributed by atoms with van der Waals surface area (Å²) in [5, 5.41) is 5.62. The van der Waals surface area contributed by atoms with E-state index in [1.165, 1.54) is 34.9 Å². The van der Waals surface area contributed by atoms with Gasteiger partial charge in [0.15, 0.2) is 11.6 Å². The van der Waals surface area contributed by atoms with Gasteiger partial charge in [0, 0.05) is 36.5 Å². The number of hydrogen-bond donors (Lipinski definition) is 2. The highest BCUT2D eigenvalue weighted by Crippen LogP contribution is 2.37. The molecule has 0 unspecified atom stereocenters. The van der Waals surface area contributed by atoms with Gasteiger partial charge in [0.1, 0.15) is 4.90 Å². The molecular weight excluding hydrogens is 414 g/mol. The summed E-state index contributed by atoms with van der Waals surface area (Å²) >= 11 is 0. The normalized spacial score (nSPS) is 14.4. The Morgan fingerprint density at radius 2 is 1.80 bits per heavy atom. The number of rotatable bonds is 3. The van der Waals surface area contributed by atoms with Crippen molar-refractivity contribution in [2.75, 3.05) is 5.32 Å². The third-order valence-corrected chi connectivity index (χ3v) is 5.97. The van der Waals surface area contributed by atoms with E-state index in [0.29, 0.717) is 5.56 Å². The van der Waals surface area contributed by atoms with Gasteiger partial charge in [-0.15, -0.1) is 4.40 Å². The van der Waals surface area contributed by atoms with Crippen LogP contribution in [0.2, 0.25) is 0 Å². The first kappa shape index (κ1) is 19.8. The minimum Gasteiger partial charge on any atom is -0.351 e. The van der Waals surface area contributed by atoms with Gasteiger partial charge in [0.25, 0.3) is 15.6 Å². The minimum absolute atomic E-state index is 0.0146. The van der Waals surface area contributed by atoms with Gasteiger partial charge in [-0.3, -0.25) is 4.79 Å². The SMILES string of the molecule is Cn1cccc(CNC2=NS(=O)(=O)c3cccc(-c4cccc(F)c4F)c3N2)c1=O. The molecule has 0 amide bonds. The minimum atomic E-state index is -4.10. The van der Waals surface area contributed by atoms with Gasteiger partial charge in [0.2, 0.25) is 5.96 Å². The Bertz CT molecular complexity index is 1350. The molecule has 4 rings (SSSR count). The van der Waals surface area contributed by atoms with E-state index in [1.807, 2.05) is 0 Å². The van der Waals surface area contributed by atoms with Crippen LogP contribution in [-0.4, -0.2) is 18.9 Å². The molecule has 30 heavy (non-hydrogen) atoms. The Kier molecular flexibility index (Phi) is 4.86. The van der Waals surface area contributed by atoms with Crippen LogP contribution in [0.1, 0.15) is 5.56 Å². The fraction of sp³-hybridized carbons (Fsp3) is 0.100. The van der Waals surface area contributed by atoms with Crippen molar-refractivity contribution in [3.63, 3.8) is 0 Å². The molecule has 0 saturated carbocycles. The predicted octanol–water partition coefficient (Wildman–Crippen LogP) is 2.59. The number of nitrogens with zero attached hydrogens (tertiary/aromatic N) is 2. The summed E-state index contributed by atoms with van der Waals surface area (Å²) < 4.78 is 58.5. The molecule has 2 N–H and O–H groups in total. The summed E-state index contributed by atoms with van der Waals surface area (Å²) in [6.07, 6.45) is 1.60. The van der Waals surface area contributed by atoms with E-state index in [2.05, 4.69) is 15.0 Å². The van der Waals surface area contributed by atoms with Crippen LogP contribution in [0.25, 0.3) is 11.1 Å². The zero-order valence-electron chi connectivity index (χ0n) is 15.7. The lowest BCUT2D eigenvalue weighted by Crippen LogP contribution is -2.36. The predicted molar refractivity (Wildman–Crippen MR) is 109 cm³/mol. The van der Waals surface area contributed by atoms with Gasteiger partial charge in [-0.2, -0.15) is 8.42 Å². The fourth-order valence-electron chi connectivity index (χ4n) is 3.17. The van der Waals surface area contributed by atoms with E-state index in [0.717, 1.165) is 6.07 Å². The van der Waals surface area contributed by atoms with Crippen LogP contribution in [0, 0.1) is 11.6 Å². The summed E-state index contributed by atoms with van der Waals surface area (Å²) in [5.74, 6) is -2.26. The zero-order chi connectivity index (χ0) is 21.5. The fourth-order valence-corrected chi connectivity index (χ4v) is 4.28. The van der Waals surface area contributed by atoms with Crippen molar-refractivity contribution in [2.24, 2.45) is 11.4 Å². The highest BCUT2D eigenvalue weighted by atomic mass is 32.2. The highest BCUT2D eigenvalue weighted by molar-refractivity contribution is 7.90. The Hall–Kier alpha value is -3.53. The summed E-state index contributed by atoms with van der Waals surface area (Å²) in [7, 11) is -2.50. The molecule has 0 fully saturated rings. The van der Waals surface area contributed by atoms with Crippen molar-refractivity contribution in [3.05, 3.63) is 82.3 Å². The maximum atomic E-state index is 14.4. The standard InChI is InChI=1S/C20H16F2N4O3S/c1-26-10-4-5-12(19(26)27)11-23-20-24-18-14(13-6-2-8-15(21)17(13)22)7-3-9-16(18)30(28,29)25-20/h2-10H,11H2,1H3,(H2,23,24,25). The highest BCUT2D eigenvalue weighted by Gasteiger charge is 2.28. The first-order chi connectivity index (χ1) is 14.3. The van der Waals surface area contributed by atoms with Crippen LogP contribution >= 0.6 is 0 Å². The van der Waals surface area contributed by atoms with Crippen molar-refractivity contribution in [2.45, 2.75) is 11.4 Å². The number of aryl methyl sites for hydroxylation is 1. The molecule has 0 aliphatic carbocycles. The molecule has 2 aromatic carbocycles. The van der Waals surface area contributed by atoms with Crippen LogP contribution in [0.5, 0.6) is 0 Å².